The van der Waals surface area contributed by atoms with Crippen molar-refractivity contribution in [2.45, 2.75) is 51.7 Å². The molecule has 2 aromatic rings. The van der Waals surface area contributed by atoms with E-state index in [1.807, 2.05) is 45.0 Å². The number of ether oxygens (including phenoxy) is 1. The van der Waals surface area contributed by atoms with Crippen LogP contribution in [0.2, 0.25) is 0 Å². The van der Waals surface area contributed by atoms with Crippen LogP contribution in [0.25, 0.3) is 0 Å². The number of amides is 1. The molecule has 1 aliphatic rings. The van der Waals surface area contributed by atoms with Gasteiger partial charge in [0.1, 0.15) is 11.4 Å². The quantitative estimate of drug-likeness (QED) is 0.476. The molecular formula is C26H34FN3O3. The minimum absolute atomic E-state index is 0.0684. The number of hydrogen-bond acceptors (Lipinski definition) is 5. The molecule has 0 saturated carbocycles. The van der Waals surface area contributed by atoms with E-state index >= 15 is 0 Å². The Balaban J connectivity index is 1.59. The second-order valence-electron chi connectivity index (χ2n) is 9.73. The van der Waals surface area contributed by atoms with Crippen LogP contribution in [0, 0.1) is 11.7 Å². The fraction of sp³-hybridized carbons (Fsp3) is 0.462. The zero-order valence-electron chi connectivity index (χ0n) is 19.6. The molecule has 33 heavy (non-hydrogen) atoms. The molecule has 1 atom stereocenters. The van der Waals surface area contributed by atoms with Gasteiger partial charge in [0.2, 0.25) is 0 Å². The van der Waals surface area contributed by atoms with Gasteiger partial charge in [0.25, 0.3) is 0 Å². The molecule has 0 spiro atoms. The number of piperidine rings is 1. The van der Waals surface area contributed by atoms with E-state index in [4.69, 9.17) is 10.5 Å². The van der Waals surface area contributed by atoms with Crippen molar-refractivity contribution < 1.29 is 18.7 Å². The zero-order chi connectivity index (χ0) is 24.0. The number of alkyl carbamates (subject to hydrolysis) is 1. The number of halogens is 1. The highest BCUT2D eigenvalue weighted by atomic mass is 19.1. The molecule has 0 radical (unpaired) electrons. The minimum atomic E-state index is -0.575. The fourth-order valence-electron chi connectivity index (χ4n) is 4.11. The Morgan fingerprint density at radius 3 is 2.27 bits per heavy atom. The van der Waals surface area contributed by atoms with Gasteiger partial charge in [-0.1, -0.05) is 12.1 Å². The number of nitrogens with zero attached hydrogens (tertiary/aromatic N) is 1. The van der Waals surface area contributed by atoms with Crippen molar-refractivity contribution in [2.24, 2.45) is 5.92 Å². The Morgan fingerprint density at radius 1 is 1.09 bits per heavy atom. The van der Waals surface area contributed by atoms with Crippen molar-refractivity contribution in [1.29, 1.82) is 0 Å². The molecular weight excluding hydrogens is 421 g/mol. The molecule has 178 valence electrons. The lowest BCUT2D eigenvalue weighted by Gasteiger charge is -2.34. The Kier molecular flexibility index (Phi) is 8.08. The number of hydrogen-bond donors (Lipinski definition) is 2. The van der Waals surface area contributed by atoms with Crippen LogP contribution in [0.1, 0.15) is 49.5 Å². The standard InChI is InChI=1S/C26H34FN3O3/c1-26(2,3)33-25(32)29-23(16-18-4-10-22(28)11-5-18)17-30-14-12-20(13-15-30)24(31)19-6-8-21(27)9-7-19/h4-11,20,23H,12-17,28H2,1-3H3,(H,29,32)/t23-/m1/s1. The lowest BCUT2D eigenvalue weighted by Crippen LogP contribution is -2.48. The second-order valence-corrected chi connectivity index (χ2v) is 9.73. The molecule has 1 amide bonds. The lowest BCUT2D eigenvalue weighted by molar-refractivity contribution is 0.0485. The monoisotopic (exact) mass is 455 g/mol. The minimum Gasteiger partial charge on any atom is -0.444 e. The SMILES string of the molecule is CC(C)(C)OC(=O)N[C@H](Cc1ccc(N)cc1)CN1CCC(C(=O)c2ccc(F)cc2)CC1. The van der Waals surface area contributed by atoms with Gasteiger partial charge in [0, 0.05) is 29.8 Å². The van der Waals surface area contributed by atoms with Crippen LogP contribution in [0.15, 0.2) is 48.5 Å². The average Bonchev–Trinajstić information content (AvgIpc) is 2.74. The average molecular weight is 456 g/mol. The van der Waals surface area contributed by atoms with Crippen LogP contribution in [-0.4, -0.2) is 48.1 Å². The van der Waals surface area contributed by atoms with Gasteiger partial charge in [0.15, 0.2) is 5.78 Å². The van der Waals surface area contributed by atoms with Crippen molar-refractivity contribution in [3.8, 4) is 0 Å². The molecule has 1 heterocycles. The summed E-state index contributed by atoms with van der Waals surface area (Å²) in [5.41, 5.74) is 7.56. The number of likely N-dealkylation sites (tertiary alicyclic amines) is 1. The smallest absolute Gasteiger partial charge is 0.407 e. The van der Waals surface area contributed by atoms with E-state index < -0.39 is 11.7 Å². The third-order valence-electron chi connectivity index (χ3n) is 5.75. The second kappa shape index (κ2) is 10.8. The van der Waals surface area contributed by atoms with Gasteiger partial charge in [-0.3, -0.25) is 4.79 Å². The van der Waals surface area contributed by atoms with Crippen molar-refractivity contribution in [3.63, 3.8) is 0 Å². The van der Waals surface area contributed by atoms with E-state index in [2.05, 4.69) is 10.2 Å². The number of rotatable bonds is 7. The van der Waals surface area contributed by atoms with E-state index in [0.29, 0.717) is 24.2 Å². The highest BCUT2D eigenvalue weighted by Crippen LogP contribution is 2.23. The molecule has 1 fully saturated rings. The molecule has 1 aliphatic heterocycles. The maximum absolute atomic E-state index is 13.2. The van der Waals surface area contributed by atoms with E-state index in [-0.39, 0.29) is 23.6 Å². The van der Waals surface area contributed by atoms with Gasteiger partial charge >= 0.3 is 6.09 Å². The van der Waals surface area contributed by atoms with Gasteiger partial charge in [-0.05, 0) is 95.1 Å². The number of Topliss-reactive ketones (excluding diaryl/α,β-unsaturated/α-hetero) is 1. The number of carbonyl (C=O) groups excluding carboxylic acids is 2. The van der Waals surface area contributed by atoms with Crippen molar-refractivity contribution >= 4 is 17.6 Å². The van der Waals surface area contributed by atoms with Crippen LogP contribution in [-0.2, 0) is 11.2 Å². The van der Waals surface area contributed by atoms with Gasteiger partial charge in [-0.25, -0.2) is 9.18 Å². The van der Waals surface area contributed by atoms with E-state index in [9.17, 15) is 14.0 Å². The molecule has 1 saturated heterocycles. The van der Waals surface area contributed by atoms with E-state index in [0.717, 1.165) is 31.5 Å². The van der Waals surface area contributed by atoms with Crippen LogP contribution >= 0.6 is 0 Å². The molecule has 7 heteroatoms. The van der Waals surface area contributed by atoms with Crippen LogP contribution in [0.5, 0.6) is 0 Å². The number of nitrogen functional groups attached to an aromatic ring is 1. The molecule has 0 unspecified atom stereocenters. The molecule has 0 bridgehead atoms. The predicted octanol–water partition coefficient (Wildman–Crippen LogP) is 4.44. The Labute approximate surface area is 195 Å². The number of carbonyl (C=O) groups is 2. The summed E-state index contributed by atoms with van der Waals surface area (Å²) in [4.78, 5) is 27.5. The first-order valence-corrected chi connectivity index (χ1v) is 11.4. The summed E-state index contributed by atoms with van der Waals surface area (Å²) < 4.78 is 18.6. The zero-order valence-corrected chi connectivity index (χ0v) is 19.6. The predicted molar refractivity (Wildman–Crippen MR) is 128 cm³/mol. The molecule has 0 aliphatic carbocycles. The van der Waals surface area contributed by atoms with Crippen LogP contribution in [0.3, 0.4) is 0 Å². The van der Waals surface area contributed by atoms with Gasteiger partial charge < -0.3 is 20.7 Å². The van der Waals surface area contributed by atoms with Crippen molar-refractivity contribution in [1.82, 2.24) is 10.2 Å². The van der Waals surface area contributed by atoms with Gasteiger partial charge in [-0.2, -0.15) is 0 Å². The van der Waals surface area contributed by atoms with E-state index in [1.165, 1.54) is 12.1 Å². The Morgan fingerprint density at radius 2 is 1.70 bits per heavy atom. The first-order chi connectivity index (χ1) is 15.6. The lowest BCUT2D eigenvalue weighted by atomic mass is 9.88. The third-order valence-corrected chi connectivity index (χ3v) is 5.75. The largest absolute Gasteiger partial charge is 0.444 e. The molecule has 6 nitrogen and oxygen atoms in total. The summed E-state index contributed by atoms with van der Waals surface area (Å²) in [7, 11) is 0. The number of benzene rings is 2. The molecule has 0 aromatic heterocycles. The summed E-state index contributed by atoms with van der Waals surface area (Å²) in [6.45, 7) is 7.68. The first kappa shape index (κ1) is 24.7. The number of nitrogens with one attached hydrogen (secondary N) is 1. The van der Waals surface area contributed by atoms with Crippen molar-refractivity contribution in [3.05, 3.63) is 65.5 Å². The topological polar surface area (TPSA) is 84.7 Å². The summed E-state index contributed by atoms with van der Waals surface area (Å²) in [6, 6.07) is 13.2. The van der Waals surface area contributed by atoms with Crippen molar-refractivity contribution in [2.75, 3.05) is 25.4 Å². The third kappa shape index (κ3) is 7.86. The fourth-order valence-corrected chi connectivity index (χ4v) is 4.11. The van der Waals surface area contributed by atoms with Crippen LogP contribution in [0.4, 0.5) is 14.9 Å². The first-order valence-electron chi connectivity index (χ1n) is 11.4. The van der Waals surface area contributed by atoms with Crippen LogP contribution < -0.4 is 11.1 Å². The normalized spacial score (nSPS) is 16.2. The summed E-state index contributed by atoms with van der Waals surface area (Å²) >= 11 is 0. The summed E-state index contributed by atoms with van der Waals surface area (Å²) in [6.07, 6.45) is 1.67. The number of ketones is 1. The summed E-state index contributed by atoms with van der Waals surface area (Å²) in [5.74, 6) is -0.341. The highest BCUT2D eigenvalue weighted by Gasteiger charge is 2.28. The van der Waals surface area contributed by atoms with Gasteiger partial charge in [-0.15, -0.1) is 0 Å². The molecule has 3 N–H and O–H groups in total. The summed E-state index contributed by atoms with van der Waals surface area (Å²) in [5, 5.41) is 3.01. The maximum atomic E-state index is 13.2. The van der Waals surface area contributed by atoms with E-state index in [1.54, 1.807) is 12.1 Å². The Hall–Kier alpha value is -2.93. The highest BCUT2D eigenvalue weighted by molar-refractivity contribution is 5.97. The Bertz CT molecular complexity index is 931. The molecule has 3 rings (SSSR count). The maximum Gasteiger partial charge on any atom is 0.407 e. The van der Waals surface area contributed by atoms with Gasteiger partial charge in [0.05, 0.1) is 0 Å². The number of anilines is 1. The number of nitrogens with two attached hydrogens (primary N) is 1. The molecule has 2 aromatic carbocycles.